The normalized spacial score (nSPS) is 16.2. The van der Waals surface area contributed by atoms with E-state index in [4.69, 9.17) is 0 Å². The molecule has 0 aromatic heterocycles. The Morgan fingerprint density at radius 1 is 1.31 bits per heavy atom. The van der Waals surface area contributed by atoms with Gasteiger partial charge in [-0.2, -0.15) is 5.10 Å². The minimum Gasteiger partial charge on any atom is -0.293 e. The second-order valence-corrected chi connectivity index (χ2v) is 4.06. The Morgan fingerprint density at radius 2 is 1.92 bits per heavy atom. The highest BCUT2D eigenvalue weighted by Crippen LogP contribution is 2.13. The largest absolute Gasteiger partial charge is 0.293 e. The molecule has 3 heteroatoms. The third kappa shape index (κ3) is 2.31. The van der Waals surface area contributed by atoms with E-state index in [-0.39, 0.29) is 0 Å². The summed E-state index contributed by atoms with van der Waals surface area (Å²) in [5.74, 6) is 0. The molecule has 2 nitrogen and oxygen atoms in total. The average molecular weight is 239 g/mol. The summed E-state index contributed by atoms with van der Waals surface area (Å²) in [6.07, 6.45) is 0. The van der Waals surface area contributed by atoms with Gasteiger partial charge in [-0.1, -0.05) is 28.1 Å². The van der Waals surface area contributed by atoms with E-state index >= 15 is 0 Å². The van der Waals surface area contributed by atoms with Crippen LogP contribution in [0.25, 0.3) is 0 Å². The van der Waals surface area contributed by atoms with Gasteiger partial charge in [0.15, 0.2) is 0 Å². The van der Waals surface area contributed by atoms with Crippen LogP contribution in [0.3, 0.4) is 0 Å². The van der Waals surface area contributed by atoms with Crippen LogP contribution < -0.4 is 0 Å². The van der Waals surface area contributed by atoms with E-state index in [0.717, 1.165) is 23.3 Å². The summed E-state index contributed by atoms with van der Waals surface area (Å²) in [7, 11) is 0. The Kier molecular flexibility index (Phi) is 2.36. The number of benzene rings is 1. The molecule has 0 atom stereocenters. The summed E-state index contributed by atoms with van der Waals surface area (Å²) in [6.45, 7) is 4.25. The molecule has 0 saturated carbocycles. The lowest BCUT2D eigenvalue weighted by atomic mass is 10.1. The molecule has 0 unspecified atom stereocenters. The number of nitrogens with zero attached hydrogens (tertiary/aromatic N) is 2. The molecule has 0 aliphatic carbocycles. The van der Waals surface area contributed by atoms with Gasteiger partial charge in [-0.25, -0.2) is 0 Å². The topological polar surface area (TPSA) is 15.4 Å². The van der Waals surface area contributed by atoms with Crippen molar-refractivity contribution >= 4 is 21.6 Å². The summed E-state index contributed by atoms with van der Waals surface area (Å²) in [6, 6.07) is 8.23. The van der Waals surface area contributed by atoms with E-state index in [0.29, 0.717) is 0 Å². The highest BCUT2D eigenvalue weighted by Gasteiger charge is 2.14. The van der Waals surface area contributed by atoms with E-state index in [9.17, 15) is 0 Å². The highest BCUT2D eigenvalue weighted by molar-refractivity contribution is 9.10. The molecule has 2 rings (SSSR count). The lowest BCUT2D eigenvalue weighted by molar-refractivity contribution is 0.607. The van der Waals surface area contributed by atoms with E-state index in [1.54, 1.807) is 0 Å². The quantitative estimate of drug-likeness (QED) is 0.571. The van der Waals surface area contributed by atoms with Crippen molar-refractivity contribution in [2.24, 2.45) is 5.10 Å². The number of rotatable bonds is 2. The molecular formula is C10H11BrN2. The molecule has 1 aromatic carbocycles. The minimum atomic E-state index is 1.09. The minimum absolute atomic E-state index is 1.09. The van der Waals surface area contributed by atoms with Gasteiger partial charge >= 0.3 is 0 Å². The first kappa shape index (κ1) is 8.75. The van der Waals surface area contributed by atoms with Crippen LogP contribution in [-0.2, 0) is 0 Å². The highest BCUT2D eigenvalue weighted by atomic mass is 79.9. The fourth-order valence-electron chi connectivity index (χ4n) is 1.11. The second-order valence-electron chi connectivity index (χ2n) is 3.15. The number of halogens is 1. The van der Waals surface area contributed by atoms with Crippen molar-refractivity contribution in [2.45, 2.75) is 6.92 Å². The van der Waals surface area contributed by atoms with Crippen molar-refractivity contribution in [1.29, 1.82) is 0 Å². The number of hydrazone groups is 1. The molecule has 1 aromatic rings. The van der Waals surface area contributed by atoms with E-state index in [2.05, 4.69) is 38.2 Å². The Hall–Kier alpha value is -0.830. The lowest BCUT2D eigenvalue weighted by Gasteiger charge is -2.00. The predicted molar refractivity (Wildman–Crippen MR) is 57.9 cm³/mol. The summed E-state index contributed by atoms with van der Waals surface area (Å²) >= 11 is 3.41. The van der Waals surface area contributed by atoms with Crippen molar-refractivity contribution in [3.63, 3.8) is 0 Å². The van der Waals surface area contributed by atoms with Crippen molar-refractivity contribution in [3.05, 3.63) is 34.3 Å². The molecule has 0 N–H and O–H groups in total. The van der Waals surface area contributed by atoms with E-state index in [1.807, 2.05) is 19.1 Å². The van der Waals surface area contributed by atoms with Gasteiger partial charge in [-0.05, 0) is 24.6 Å². The first-order valence-corrected chi connectivity index (χ1v) is 5.11. The average Bonchev–Trinajstić information content (AvgIpc) is 2.89. The molecule has 13 heavy (non-hydrogen) atoms. The predicted octanol–water partition coefficient (Wildman–Crippen LogP) is 2.49. The fourth-order valence-corrected chi connectivity index (χ4v) is 1.37. The van der Waals surface area contributed by atoms with Gasteiger partial charge in [-0.15, -0.1) is 0 Å². The van der Waals surface area contributed by atoms with E-state index in [1.165, 1.54) is 5.56 Å². The summed E-state index contributed by atoms with van der Waals surface area (Å²) in [4.78, 5) is 0. The van der Waals surface area contributed by atoms with Crippen LogP contribution in [0.2, 0.25) is 0 Å². The molecule has 68 valence electrons. The fraction of sp³-hybridized carbons (Fsp3) is 0.300. The van der Waals surface area contributed by atoms with Crippen LogP contribution in [-0.4, -0.2) is 23.8 Å². The van der Waals surface area contributed by atoms with Crippen molar-refractivity contribution in [2.75, 3.05) is 13.1 Å². The zero-order valence-corrected chi connectivity index (χ0v) is 9.08. The van der Waals surface area contributed by atoms with Gasteiger partial charge in [0.2, 0.25) is 0 Å². The number of hydrogen-bond acceptors (Lipinski definition) is 2. The van der Waals surface area contributed by atoms with Gasteiger partial charge in [-0.3, -0.25) is 5.01 Å². The van der Waals surface area contributed by atoms with Gasteiger partial charge in [0.25, 0.3) is 0 Å². The Labute approximate surface area is 86.4 Å². The summed E-state index contributed by atoms with van der Waals surface area (Å²) in [5.41, 5.74) is 2.28. The molecule has 0 radical (unpaired) electrons. The van der Waals surface area contributed by atoms with Crippen LogP contribution in [0.5, 0.6) is 0 Å². The van der Waals surface area contributed by atoms with Crippen LogP contribution >= 0.6 is 15.9 Å². The standard InChI is InChI=1S/C10H11BrN2/c1-8(12-13-6-7-13)9-2-4-10(11)5-3-9/h2-5H,6-7H2,1H3/b12-8+. The smallest absolute Gasteiger partial charge is 0.0646 e. The van der Waals surface area contributed by atoms with Gasteiger partial charge in [0.1, 0.15) is 0 Å². The van der Waals surface area contributed by atoms with Gasteiger partial charge < -0.3 is 0 Å². The second kappa shape index (κ2) is 3.50. The van der Waals surface area contributed by atoms with Gasteiger partial charge in [0, 0.05) is 4.47 Å². The molecular weight excluding hydrogens is 228 g/mol. The first-order valence-electron chi connectivity index (χ1n) is 4.32. The molecule has 1 fully saturated rings. The SMILES string of the molecule is C/C(=N\N1CC1)c1ccc(Br)cc1. The maximum atomic E-state index is 4.42. The first-order chi connectivity index (χ1) is 6.25. The molecule has 1 heterocycles. The van der Waals surface area contributed by atoms with E-state index < -0.39 is 0 Å². The molecule has 0 amide bonds. The third-order valence-corrected chi connectivity index (χ3v) is 2.51. The molecule has 0 spiro atoms. The maximum Gasteiger partial charge on any atom is 0.0646 e. The van der Waals surface area contributed by atoms with Crippen molar-refractivity contribution in [1.82, 2.24) is 5.01 Å². The molecule has 1 saturated heterocycles. The monoisotopic (exact) mass is 238 g/mol. The number of hydrogen-bond donors (Lipinski definition) is 0. The van der Waals surface area contributed by atoms with Crippen LogP contribution in [0, 0.1) is 0 Å². The molecule has 0 bridgehead atoms. The Morgan fingerprint density at radius 3 is 2.46 bits per heavy atom. The Bertz CT molecular complexity index is 325. The van der Waals surface area contributed by atoms with Crippen molar-refractivity contribution in [3.8, 4) is 0 Å². The van der Waals surface area contributed by atoms with Crippen molar-refractivity contribution < 1.29 is 0 Å². The zero-order valence-electron chi connectivity index (χ0n) is 7.50. The van der Waals surface area contributed by atoms with Crippen LogP contribution in [0.15, 0.2) is 33.8 Å². The lowest BCUT2D eigenvalue weighted by Crippen LogP contribution is -1.97. The Balaban J connectivity index is 2.19. The van der Waals surface area contributed by atoms with Crippen LogP contribution in [0.1, 0.15) is 12.5 Å². The molecule has 1 aliphatic heterocycles. The summed E-state index contributed by atoms with van der Waals surface area (Å²) < 4.78 is 1.11. The van der Waals surface area contributed by atoms with Crippen LogP contribution in [0.4, 0.5) is 0 Å². The maximum absolute atomic E-state index is 4.42. The molecule has 1 aliphatic rings. The summed E-state index contributed by atoms with van der Waals surface area (Å²) in [5, 5.41) is 6.48. The zero-order chi connectivity index (χ0) is 9.26. The van der Waals surface area contributed by atoms with Gasteiger partial charge in [0.05, 0.1) is 18.8 Å². The third-order valence-electron chi connectivity index (χ3n) is 1.98.